The number of carbonyl (C=O) groups excluding carboxylic acids is 3. The van der Waals surface area contributed by atoms with Gasteiger partial charge >= 0.3 is 6.09 Å². The van der Waals surface area contributed by atoms with Gasteiger partial charge < -0.3 is 25.4 Å². The minimum Gasteiger partial charge on any atom is -0.508 e. The van der Waals surface area contributed by atoms with Crippen LogP contribution in [0.1, 0.15) is 70.9 Å². The molecule has 0 aliphatic heterocycles. The highest BCUT2D eigenvalue weighted by atomic mass is 32.2. The predicted octanol–water partition coefficient (Wildman–Crippen LogP) is 3.88. The van der Waals surface area contributed by atoms with Gasteiger partial charge in [0.2, 0.25) is 11.8 Å². The minimum absolute atomic E-state index is 0.0164. The Balaban J connectivity index is 2.40. The number of benzene rings is 1. The highest BCUT2D eigenvalue weighted by Crippen LogP contribution is 2.27. The van der Waals surface area contributed by atoms with Crippen LogP contribution >= 0.6 is 11.8 Å². The molecule has 0 heterocycles. The number of nitriles is 1. The average Bonchev–Trinajstić information content (AvgIpc) is 2.80. The van der Waals surface area contributed by atoms with Crippen LogP contribution in [0.15, 0.2) is 24.3 Å². The molecular weight excluding hydrogens is 480 g/mol. The second kappa shape index (κ2) is 14.0. The van der Waals surface area contributed by atoms with Gasteiger partial charge in [0.1, 0.15) is 30.0 Å². The van der Waals surface area contributed by atoms with E-state index in [-0.39, 0.29) is 24.8 Å². The summed E-state index contributed by atoms with van der Waals surface area (Å²) < 4.78 is 5.34. The Labute approximate surface area is 217 Å². The summed E-state index contributed by atoms with van der Waals surface area (Å²) >= 11 is 1.51. The van der Waals surface area contributed by atoms with E-state index in [0.29, 0.717) is 11.3 Å². The van der Waals surface area contributed by atoms with Crippen LogP contribution < -0.4 is 10.6 Å². The Hall–Kier alpha value is -2.93. The van der Waals surface area contributed by atoms with Crippen molar-refractivity contribution in [2.45, 2.75) is 83.0 Å². The smallest absolute Gasteiger partial charge is 0.408 e. The molecule has 1 aromatic rings. The highest BCUT2D eigenvalue weighted by Gasteiger charge is 2.37. The molecule has 3 amide bonds. The molecule has 0 radical (unpaired) electrons. The largest absolute Gasteiger partial charge is 0.508 e. The fourth-order valence-corrected chi connectivity index (χ4v) is 4.68. The van der Waals surface area contributed by atoms with E-state index in [0.717, 1.165) is 32.1 Å². The first-order valence-electron chi connectivity index (χ1n) is 12.3. The molecule has 1 fully saturated rings. The normalized spacial score (nSPS) is 15.8. The van der Waals surface area contributed by atoms with Crippen LogP contribution in [-0.4, -0.2) is 64.2 Å². The van der Waals surface area contributed by atoms with Crippen LogP contribution in [0.25, 0.3) is 0 Å². The van der Waals surface area contributed by atoms with Crippen molar-refractivity contribution in [3.8, 4) is 11.8 Å². The van der Waals surface area contributed by atoms with Crippen molar-refractivity contribution in [2.24, 2.45) is 0 Å². The molecule has 3 N–H and O–H groups in total. The third-order valence-electron chi connectivity index (χ3n) is 5.82. The van der Waals surface area contributed by atoms with E-state index >= 15 is 0 Å². The number of nitrogens with zero attached hydrogens (tertiary/aromatic N) is 2. The summed E-state index contributed by atoms with van der Waals surface area (Å²) in [5.41, 5.74) is -0.374. The van der Waals surface area contributed by atoms with E-state index in [9.17, 15) is 24.8 Å². The lowest BCUT2D eigenvalue weighted by molar-refractivity contribution is -0.142. The summed E-state index contributed by atoms with van der Waals surface area (Å²) in [6.07, 6.45) is 6.27. The number of carbonyl (C=O) groups is 3. The number of ether oxygens (including phenoxy) is 1. The summed E-state index contributed by atoms with van der Waals surface area (Å²) in [6.45, 7) is 4.80. The molecule has 0 saturated heterocycles. The molecule has 0 spiro atoms. The van der Waals surface area contributed by atoms with Gasteiger partial charge in [-0.15, -0.1) is 0 Å². The van der Waals surface area contributed by atoms with Crippen LogP contribution in [0.5, 0.6) is 5.75 Å². The number of rotatable bonds is 10. The molecule has 0 aromatic heterocycles. The number of phenolic OH excluding ortho intramolecular Hbond substituents is 1. The first-order valence-corrected chi connectivity index (χ1v) is 13.7. The maximum Gasteiger partial charge on any atom is 0.408 e. The van der Waals surface area contributed by atoms with Crippen LogP contribution in [-0.2, 0) is 14.3 Å². The van der Waals surface area contributed by atoms with E-state index < -0.39 is 35.6 Å². The zero-order valence-electron chi connectivity index (χ0n) is 21.6. The van der Waals surface area contributed by atoms with Crippen LogP contribution in [0, 0.1) is 11.3 Å². The Morgan fingerprint density at radius 3 is 2.53 bits per heavy atom. The standard InChI is InChI=1S/C26H38N4O5S/c1-26(2,3)35-25(34)29-21(13-16-36-4)24(33)30(15-14-27)22(18-9-8-12-20(31)17-18)23(32)28-19-10-6-5-7-11-19/h8-9,12,17,19,21-22,31H,5-7,10-11,13,15-16H2,1-4H3,(H,28,32)(H,29,34). The monoisotopic (exact) mass is 518 g/mol. The van der Waals surface area contributed by atoms with Crippen molar-refractivity contribution < 1.29 is 24.2 Å². The van der Waals surface area contributed by atoms with E-state index in [1.807, 2.05) is 12.3 Å². The number of hydrogen-bond donors (Lipinski definition) is 3. The van der Waals surface area contributed by atoms with Gasteiger partial charge in [-0.25, -0.2) is 4.79 Å². The summed E-state index contributed by atoms with van der Waals surface area (Å²) in [5, 5.41) is 25.4. The SMILES string of the molecule is CSCCC(NC(=O)OC(C)(C)C)C(=O)N(CC#N)C(C(=O)NC1CCCCC1)c1cccc(O)c1. The lowest BCUT2D eigenvalue weighted by Gasteiger charge is -2.34. The van der Waals surface area contributed by atoms with Gasteiger partial charge in [-0.3, -0.25) is 9.59 Å². The number of nitrogens with one attached hydrogen (secondary N) is 2. The van der Waals surface area contributed by atoms with Gasteiger partial charge in [0, 0.05) is 6.04 Å². The summed E-state index contributed by atoms with van der Waals surface area (Å²) in [4.78, 5) is 41.1. The number of thioether (sulfide) groups is 1. The predicted molar refractivity (Wildman–Crippen MR) is 139 cm³/mol. The number of phenols is 1. The van der Waals surface area contributed by atoms with Gasteiger partial charge in [-0.05, 0) is 69.7 Å². The average molecular weight is 519 g/mol. The van der Waals surface area contributed by atoms with Crippen molar-refractivity contribution in [3.63, 3.8) is 0 Å². The summed E-state index contributed by atoms with van der Waals surface area (Å²) in [5.74, 6) is -0.476. The fourth-order valence-electron chi connectivity index (χ4n) is 4.21. The first kappa shape index (κ1) is 29.3. The first-order chi connectivity index (χ1) is 17.1. The second-order valence-corrected chi connectivity index (χ2v) is 10.9. The van der Waals surface area contributed by atoms with E-state index in [1.165, 1.54) is 28.8 Å². The fraction of sp³-hybridized carbons (Fsp3) is 0.615. The highest BCUT2D eigenvalue weighted by molar-refractivity contribution is 7.98. The molecule has 36 heavy (non-hydrogen) atoms. The number of aromatic hydroxyl groups is 1. The lowest BCUT2D eigenvalue weighted by atomic mass is 9.94. The quantitative estimate of drug-likeness (QED) is 0.401. The van der Waals surface area contributed by atoms with Crippen molar-refractivity contribution in [3.05, 3.63) is 29.8 Å². The molecule has 2 unspecified atom stereocenters. The number of amides is 3. The molecule has 2 rings (SSSR count). The molecule has 1 aliphatic carbocycles. The van der Waals surface area contributed by atoms with Crippen molar-refractivity contribution in [1.29, 1.82) is 5.26 Å². The zero-order valence-corrected chi connectivity index (χ0v) is 22.4. The molecule has 0 bridgehead atoms. The second-order valence-electron chi connectivity index (χ2n) is 9.95. The molecule has 10 heteroatoms. The third kappa shape index (κ3) is 9.26. The van der Waals surface area contributed by atoms with Crippen LogP contribution in [0.4, 0.5) is 4.79 Å². The Kier molecular flexibility index (Phi) is 11.4. The van der Waals surface area contributed by atoms with Gasteiger partial charge in [-0.2, -0.15) is 17.0 Å². The zero-order chi connectivity index (χ0) is 26.7. The van der Waals surface area contributed by atoms with Gasteiger partial charge in [-0.1, -0.05) is 31.4 Å². The van der Waals surface area contributed by atoms with Gasteiger partial charge in [0.05, 0.1) is 6.07 Å². The van der Waals surface area contributed by atoms with Gasteiger partial charge in [0.25, 0.3) is 0 Å². The Bertz CT molecular complexity index is 937. The van der Waals surface area contributed by atoms with E-state index in [4.69, 9.17) is 4.74 Å². The van der Waals surface area contributed by atoms with Gasteiger partial charge in [0.15, 0.2) is 0 Å². The molecule has 2 atom stereocenters. The minimum atomic E-state index is -1.15. The molecule has 1 aromatic carbocycles. The van der Waals surface area contributed by atoms with Crippen LogP contribution in [0.2, 0.25) is 0 Å². The number of alkyl carbamates (subject to hydrolysis) is 1. The molecule has 9 nitrogen and oxygen atoms in total. The Morgan fingerprint density at radius 1 is 1.25 bits per heavy atom. The molecule has 1 aliphatic rings. The number of hydrogen-bond acceptors (Lipinski definition) is 7. The summed E-state index contributed by atoms with van der Waals surface area (Å²) in [7, 11) is 0. The Morgan fingerprint density at radius 2 is 1.94 bits per heavy atom. The summed E-state index contributed by atoms with van der Waals surface area (Å²) in [6, 6.07) is 5.94. The van der Waals surface area contributed by atoms with Crippen LogP contribution in [0.3, 0.4) is 0 Å². The van der Waals surface area contributed by atoms with Crippen molar-refractivity contribution in [2.75, 3.05) is 18.6 Å². The topological polar surface area (TPSA) is 132 Å². The van der Waals surface area contributed by atoms with E-state index in [1.54, 1.807) is 32.9 Å². The van der Waals surface area contributed by atoms with Crippen molar-refractivity contribution >= 4 is 29.7 Å². The molecule has 1 saturated carbocycles. The lowest BCUT2D eigenvalue weighted by Crippen LogP contribution is -2.54. The van der Waals surface area contributed by atoms with Crippen molar-refractivity contribution in [1.82, 2.24) is 15.5 Å². The molecular formula is C26H38N4O5S. The maximum absolute atomic E-state index is 13.8. The van der Waals surface area contributed by atoms with E-state index in [2.05, 4.69) is 10.6 Å². The molecule has 198 valence electrons. The maximum atomic E-state index is 13.8. The third-order valence-corrected chi connectivity index (χ3v) is 6.47.